The van der Waals surface area contributed by atoms with Gasteiger partial charge in [0.25, 0.3) is 0 Å². The Morgan fingerprint density at radius 1 is 1.55 bits per heavy atom. The monoisotopic (exact) mass is 297 g/mol. The van der Waals surface area contributed by atoms with E-state index < -0.39 is 5.97 Å². The molecule has 6 nitrogen and oxygen atoms in total. The largest absolute Gasteiger partial charge is 0.462 e. The Morgan fingerprint density at radius 3 is 3.05 bits per heavy atom. The number of halogens is 1. The van der Waals surface area contributed by atoms with Gasteiger partial charge in [0.05, 0.1) is 35.6 Å². The number of fused-ring (bicyclic) bond motifs is 1. The molecule has 0 saturated carbocycles. The lowest BCUT2D eigenvalue weighted by molar-refractivity contribution is 0.0528. The number of nitrogens with zero attached hydrogens (tertiary/aromatic N) is 2. The minimum atomic E-state index is -0.396. The van der Waals surface area contributed by atoms with Gasteiger partial charge in [-0.25, -0.2) is 9.31 Å². The Balaban J connectivity index is 2.33. The molecule has 0 atom stereocenters. The van der Waals surface area contributed by atoms with Crippen molar-refractivity contribution in [3.05, 3.63) is 29.0 Å². The van der Waals surface area contributed by atoms with Crippen molar-refractivity contribution in [3.8, 4) is 0 Å². The van der Waals surface area contributed by atoms with Gasteiger partial charge in [-0.3, -0.25) is 0 Å². The second-order valence-electron chi connectivity index (χ2n) is 4.06. The van der Waals surface area contributed by atoms with Crippen LogP contribution in [-0.2, 0) is 9.47 Å². The predicted octanol–water partition coefficient (Wildman–Crippen LogP) is 2.22. The fourth-order valence-corrected chi connectivity index (χ4v) is 2.00. The molecule has 0 fully saturated rings. The molecule has 0 bridgehead atoms. The lowest BCUT2D eigenvalue weighted by atomic mass is 10.2. The molecular weight excluding hydrogens is 282 g/mol. The molecule has 0 spiro atoms. The number of hydrogen-bond donors (Lipinski definition) is 1. The fraction of sp³-hybridized carbons (Fsp3) is 0.385. The summed E-state index contributed by atoms with van der Waals surface area (Å²) in [4.78, 5) is 11.8. The number of anilines is 1. The van der Waals surface area contributed by atoms with E-state index in [0.717, 1.165) is 5.69 Å². The van der Waals surface area contributed by atoms with E-state index >= 15 is 0 Å². The molecule has 0 amide bonds. The summed E-state index contributed by atoms with van der Waals surface area (Å²) < 4.78 is 11.5. The van der Waals surface area contributed by atoms with Crippen molar-refractivity contribution < 1.29 is 14.3 Å². The predicted molar refractivity (Wildman–Crippen MR) is 76.5 cm³/mol. The van der Waals surface area contributed by atoms with Gasteiger partial charge in [0.2, 0.25) is 0 Å². The van der Waals surface area contributed by atoms with Gasteiger partial charge >= 0.3 is 5.97 Å². The fourth-order valence-electron chi connectivity index (χ4n) is 1.79. The van der Waals surface area contributed by atoms with E-state index in [-0.39, 0.29) is 0 Å². The molecular formula is C13H16ClN3O3. The van der Waals surface area contributed by atoms with Gasteiger partial charge in [-0.15, -0.1) is 0 Å². The minimum Gasteiger partial charge on any atom is -0.462 e. The first-order valence-electron chi connectivity index (χ1n) is 6.24. The third-order valence-corrected chi connectivity index (χ3v) is 3.03. The number of nitrogens with one attached hydrogen (secondary N) is 1. The Morgan fingerprint density at radius 2 is 2.35 bits per heavy atom. The summed E-state index contributed by atoms with van der Waals surface area (Å²) in [5.41, 5.74) is 1.79. The van der Waals surface area contributed by atoms with E-state index in [4.69, 9.17) is 21.1 Å². The van der Waals surface area contributed by atoms with Crippen LogP contribution in [0, 0.1) is 0 Å². The van der Waals surface area contributed by atoms with Crippen LogP contribution in [0.15, 0.2) is 18.5 Å². The van der Waals surface area contributed by atoms with Gasteiger partial charge in [-0.2, -0.15) is 5.10 Å². The van der Waals surface area contributed by atoms with Crippen LogP contribution in [0.25, 0.3) is 5.52 Å². The summed E-state index contributed by atoms with van der Waals surface area (Å²) in [6.07, 6.45) is 3.12. The first-order valence-corrected chi connectivity index (χ1v) is 6.62. The van der Waals surface area contributed by atoms with Crippen molar-refractivity contribution in [2.24, 2.45) is 0 Å². The van der Waals surface area contributed by atoms with Gasteiger partial charge in [-0.1, -0.05) is 11.6 Å². The average molecular weight is 298 g/mol. The van der Waals surface area contributed by atoms with Crippen molar-refractivity contribution in [1.82, 2.24) is 9.61 Å². The summed E-state index contributed by atoms with van der Waals surface area (Å²) in [5.74, 6) is -0.396. The first kappa shape index (κ1) is 14.6. The minimum absolute atomic E-state index is 0.322. The van der Waals surface area contributed by atoms with E-state index in [1.54, 1.807) is 30.8 Å². The number of rotatable bonds is 6. The normalized spacial score (nSPS) is 10.8. The molecule has 20 heavy (non-hydrogen) atoms. The summed E-state index contributed by atoms with van der Waals surface area (Å²) in [5, 5.41) is 7.76. The molecule has 2 aromatic rings. The number of aromatic nitrogens is 2. The number of carbonyl (C=O) groups excluding carboxylic acids is 1. The van der Waals surface area contributed by atoms with Crippen LogP contribution in [0.1, 0.15) is 17.3 Å². The second-order valence-corrected chi connectivity index (χ2v) is 4.47. The lowest BCUT2D eigenvalue weighted by Crippen LogP contribution is -2.09. The van der Waals surface area contributed by atoms with E-state index in [2.05, 4.69) is 10.4 Å². The maximum Gasteiger partial charge on any atom is 0.341 e. The molecule has 0 aromatic carbocycles. The van der Waals surface area contributed by atoms with E-state index in [9.17, 15) is 4.79 Å². The number of hydrogen-bond acceptors (Lipinski definition) is 5. The quantitative estimate of drug-likeness (QED) is 0.654. The molecule has 0 aliphatic heterocycles. The molecule has 0 aliphatic carbocycles. The highest BCUT2D eigenvalue weighted by molar-refractivity contribution is 6.33. The Bertz CT molecular complexity index is 612. The summed E-state index contributed by atoms with van der Waals surface area (Å²) in [6.45, 7) is 3.27. The van der Waals surface area contributed by atoms with Crippen LogP contribution in [-0.4, -0.2) is 42.5 Å². The summed E-state index contributed by atoms with van der Waals surface area (Å²) >= 11 is 6.15. The van der Waals surface area contributed by atoms with E-state index in [1.807, 2.05) is 0 Å². The summed E-state index contributed by atoms with van der Waals surface area (Å²) in [7, 11) is 1.63. The van der Waals surface area contributed by atoms with Crippen molar-refractivity contribution in [2.75, 3.05) is 32.2 Å². The van der Waals surface area contributed by atoms with Crippen LogP contribution in [0.3, 0.4) is 0 Å². The van der Waals surface area contributed by atoms with Crippen LogP contribution in [0.4, 0.5) is 5.69 Å². The third kappa shape index (κ3) is 3.02. The van der Waals surface area contributed by atoms with E-state index in [1.165, 1.54) is 6.20 Å². The summed E-state index contributed by atoms with van der Waals surface area (Å²) in [6, 6.07) is 1.78. The van der Waals surface area contributed by atoms with Crippen molar-refractivity contribution in [3.63, 3.8) is 0 Å². The number of carbonyl (C=O) groups is 1. The standard InChI is InChI=1S/C13H16ClN3O3/c1-3-20-13(18)9-7-16-17-8-10(14)11(6-12(9)17)15-4-5-19-2/h6-8,15H,3-5H2,1-2H3. The zero-order chi connectivity index (χ0) is 14.5. The molecule has 0 radical (unpaired) electrons. The van der Waals surface area contributed by atoms with Crippen molar-refractivity contribution in [1.29, 1.82) is 0 Å². The molecule has 0 aliphatic rings. The zero-order valence-electron chi connectivity index (χ0n) is 11.4. The highest BCUT2D eigenvalue weighted by Crippen LogP contribution is 2.25. The third-order valence-electron chi connectivity index (χ3n) is 2.72. The SMILES string of the molecule is CCOC(=O)c1cnn2cc(Cl)c(NCCOC)cc12. The molecule has 2 heterocycles. The zero-order valence-corrected chi connectivity index (χ0v) is 12.1. The second kappa shape index (κ2) is 6.58. The molecule has 1 N–H and O–H groups in total. The molecule has 2 rings (SSSR count). The Kier molecular flexibility index (Phi) is 4.81. The molecule has 0 unspecified atom stereocenters. The number of ether oxygens (including phenoxy) is 2. The number of pyridine rings is 1. The molecule has 108 valence electrons. The highest BCUT2D eigenvalue weighted by Gasteiger charge is 2.15. The maximum atomic E-state index is 11.8. The van der Waals surface area contributed by atoms with Gasteiger partial charge in [0.15, 0.2) is 0 Å². The van der Waals surface area contributed by atoms with Gasteiger partial charge in [0.1, 0.15) is 5.56 Å². The highest BCUT2D eigenvalue weighted by atomic mass is 35.5. The van der Waals surface area contributed by atoms with Crippen LogP contribution < -0.4 is 5.32 Å². The Labute approximate surface area is 121 Å². The van der Waals surface area contributed by atoms with Gasteiger partial charge < -0.3 is 14.8 Å². The average Bonchev–Trinajstić information content (AvgIpc) is 2.82. The molecule has 2 aromatic heterocycles. The Hall–Kier alpha value is -1.79. The van der Waals surface area contributed by atoms with Crippen LogP contribution in [0.2, 0.25) is 5.02 Å². The molecule has 7 heteroatoms. The first-order chi connectivity index (χ1) is 9.67. The van der Waals surface area contributed by atoms with Gasteiger partial charge in [0, 0.05) is 19.9 Å². The lowest BCUT2D eigenvalue weighted by Gasteiger charge is -2.09. The maximum absolute atomic E-state index is 11.8. The van der Waals surface area contributed by atoms with Crippen molar-refractivity contribution >= 4 is 28.8 Å². The smallest absolute Gasteiger partial charge is 0.341 e. The number of methoxy groups -OCH3 is 1. The van der Waals surface area contributed by atoms with Crippen LogP contribution in [0.5, 0.6) is 0 Å². The van der Waals surface area contributed by atoms with E-state index in [0.29, 0.717) is 35.9 Å². The van der Waals surface area contributed by atoms with Crippen molar-refractivity contribution in [2.45, 2.75) is 6.92 Å². The topological polar surface area (TPSA) is 64.9 Å². The van der Waals surface area contributed by atoms with Gasteiger partial charge in [-0.05, 0) is 13.0 Å². The number of esters is 1. The molecule has 0 saturated heterocycles. The van der Waals surface area contributed by atoms with Crippen LogP contribution >= 0.6 is 11.6 Å².